The lowest BCUT2D eigenvalue weighted by molar-refractivity contribution is 0.0527. The second-order valence-electron chi connectivity index (χ2n) is 7.10. The van der Waals surface area contributed by atoms with Crippen molar-refractivity contribution in [3.8, 4) is 5.75 Å². The third-order valence-electron chi connectivity index (χ3n) is 4.12. The standard InChI is InChI=1S/C17H26FNO/c1-11-8-13(10-17(3,4)9-11)20-16-14(12(2)19)6-5-7-15(16)18/h5-7,11-13H,8-10,19H2,1-4H3/t11?,12-,13?/m0/s1. The first-order chi connectivity index (χ1) is 9.28. The molecule has 20 heavy (non-hydrogen) atoms. The van der Waals surface area contributed by atoms with Crippen LogP contribution in [0.4, 0.5) is 4.39 Å². The highest BCUT2D eigenvalue weighted by Gasteiger charge is 2.34. The summed E-state index contributed by atoms with van der Waals surface area (Å²) in [4.78, 5) is 0. The molecule has 0 spiro atoms. The zero-order chi connectivity index (χ0) is 14.9. The van der Waals surface area contributed by atoms with Gasteiger partial charge in [0.05, 0.1) is 6.10 Å². The maximum Gasteiger partial charge on any atom is 0.165 e. The van der Waals surface area contributed by atoms with E-state index < -0.39 is 0 Å². The van der Waals surface area contributed by atoms with Crippen LogP contribution in [0.2, 0.25) is 0 Å². The van der Waals surface area contributed by atoms with Gasteiger partial charge in [0.15, 0.2) is 11.6 Å². The van der Waals surface area contributed by atoms with E-state index in [4.69, 9.17) is 10.5 Å². The second-order valence-corrected chi connectivity index (χ2v) is 7.10. The molecule has 2 nitrogen and oxygen atoms in total. The van der Waals surface area contributed by atoms with Crippen LogP contribution in [-0.4, -0.2) is 6.10 Å². The molecule has 0 aliphatic heterocycles. The average Bonchev–Trinajstić information content (AvgIpc) is 2.28. The number of halogens is 1. The van der Waals surface area contributed by atoms with Gasteiger partial charge in [0, 0.05) is 11.6 Å². The summed E-state index contributed by atoms with van der Waals surface area (Å²) in [6.45, 7) is 8.61. The molecular weight excluding hydrogens is 253 g/mol. The molecule has 0 radical (unpaired) electrons. The molecule has 1 aromatic rings. The van der Waals surface area contributed by atoms with Gasteiger partial charge in [0.2, 0.25) is 0 Å². The molecule has 3 atom stereocenters. The van der Waals surface area contributed by atoms with Crippen molar-refractivity contribution in [3.63, 3.8) is 0 Å². The molecule has 2 unspecified atom stereocenters. The van der Waals surface area contributed by atoms with E-state index in [0.29, 0.717) is 11.7 Å². The summed E-state index contributed by atoms with van der Waals surface area (Å²) in [5.41, 5.74) is 6.93. The Morgan fingerprint density at radius 1 is 1.35 bits per heavy atom. The summed E-state index contributed by atoms with van der Waals surface area (Å²) in [7, 11) is 0. The van der Waals surface area contributed by atoms with E-state index in [2.05, 4.69) is 20.8 Å². The number of para-hydroxylation sites is 1. The quantitative estimate of drug-likeness (QED) is 0.887. The fourth-order valence-corrected chi connectivity index (χ4v) is 3.52. The van der Waals surface area contributed by atoms with Gasteiger partial charge in [-0.25, -0.2) is 4.39 Å². The van der Waals surface area contributed by atoms with Crippen molar-refractivity contribution in [2.75, 3.05) is 0 Å². The van der Waals surface area contributed by atoms with Gasteiger partial charge >= 0.3 is 0 Å². The third kappa shape index (κ3) is 3.51. The van der Waals surface area contributed by atoms with Crippen LogP contribution in [-0.2, 0) is 0 Å². The molecule has 2 N–H and O–H groups in total. The van der Waals surface area contributed by atoms with E-state index in [0.717, 1.165) is 18.4 Å². The van der Waals surface area contributed by atoms with Gasteiger partial charge < -0.3 is 10.5 Å². The lowest BCUT2D eigenvalue weighted by Gasteiger charge is -2.39. The van der Waals surface area contributed by atoms with Crippen LogP contribution in [0.1, 0.15) is 58.6 Å². The van der Waals surface area contributed by atoms with Gasteiger partial charge in [0.1, 0.15) is 0 Å². The fraction of sp³-hybridized carbons (Fsp3) is 0.647. The molecule has 0 amide bonds. The molecule has 0 saturated heterocycles. The normalized spacial score (nSPS) is 27.1. The van der Waals surface area contributed by atoms with Crippen LogP contribution in [0.15, 0.2) is 18.2 Å². The third-order valence-corrected chi connectivity index (χ3v) is 4.12. The van der Waals surface area contributed by atoms with E-state index >= 15 is 0 Å². The molecule has 3 heteroatoms. The van der Waals surface area contributed by atoms with Crippen LogP contribution in [0.3, 0.4) is 0 Å². The lowest BCUT2D eigenvalue weighted by Crippen LogP contribution is -2.34. The van der Waals surface area contributed by atoms with Gasteiger partial charge in [0.25, 0.3) is 0 Å². The molecule has 1 saturated carbocycles. The minimum absolute atomic E-state index is 0.0724. The van der Waals surface area contributed by atoms with E-state index in [1.807, 2.05) is 13.0 Å². The predicted molar refractivity (Wildman–Crippen MR) is 80.2 cm³/mol. The molecule has 0 heterocycles. The molecule has 1 aliphatic rings. The monoisotopic (exact) mass is 279 g/mol. The Bertz CT molecular complexity index is 470. The van der Waals surface area contributed by atoms with E-state index in [9.17, 15) is 4.39 Å². The molecule has 112 valence electrons. The van der Waals surface area contributed by atoms with Crippen LogP contribution in [0, 0.1) is 17.2 Å². The Morgan fingerprint density at radius 2 is 2.05 bits per heavy atom. The van der Waals surface area contributed by atoms with Crippen molar-refractivity contribution < 1.29 is 9.13 Å². The first kappa shape index (κ1) is 15.3. The Hall–Kier alpha value is -1.09. The summed E-state index contributed by atoms with van der Waals surface area (Å²) in [5.74, 6) is 0.641. The zero-order valence-electron chi connectivity index (χ0n) is 12.9. The largest absolute Gasteiger partial charge is 0.487 e. The van der Waals surface area contributed by atoms with Crippen LogP contribution >= 0.6 is 0 Å². The predicted octanol–water partition coefficient (Wildman–Crippen LogP) is 4.44. The summed E-state index contributed by atoms with van der Waals surface area (Å²) in [6, 6.07) is 4.75. The van der Waals surface area contributed by atoms with Crippen LogP contribution < -0.4 is 10.5 Å². The average molecular weight is 279 g/mol. The molecular formula is C17H26FNO. The first-order valence-corrected chi connectivity index (χ1v) is 7.49. The zero-order valence-corrected chi connectivity index (χ0v) is 12.9. The maximum absolute atomic E-state index is 14.1. The Balaban J connectivity index is 2.21. The van der Waals surface area contributed by atoms with Crippen LogP contribution in [0.5, 0.6) is 5.75 Å². The minimum Gasteiger partial charge on any atom is -0.487 e. The van der Waals surface area contributed by atoms with Gasteiger partial charge in [-0.2, -0.15) is 0 Å². The summed E-state index contributed by atoms with van der Waals surface area (Å²) < 4.78 is 20.1. The van der Waals surface area contributed by atoms with Crippen molar-refractivity contribution in [1.82, 2.24) is 0 Å². The highest BCUT2D eigenvalue weighted by Crippen LogP contribution is 2.41. The first-order valence-electron chi connectivity index (χ1n) is 7.49. The molecule has 0 aromatic heterocycles. The van der Waals surface area contributed by atoms with Crippen molar-refractivity contribution in [2.24, 2.45) is 17.1 Å². The van der Waals surface area contributed by atoms with Gasteiger partial charge in [-0.3, -0.25) is 0 Å². The summed E-state index contributed by atoms with van der Waals surface area (Å²) in [5, 5.41) is 0. The molecule has 2 rings (SSSR count). The molecule has 1 aromatic carbocycles. The number of benzene rings is 1. The summed E-state index contributed by atoms with van der Waals surface area (Å²) in [6.07, 6.45) is 3.22. The van der Waals surface area contributed by atoms with Crippen molar-refractivity contribution in [1.29, 1.82) is 0 Å². The number of nitrogens with two attached hydrogens (primary N) is 1. The SMILES string of the molecule is CC1CC(Oc2c(F)cccc2[C@H](C)N)CC(C)(C)C1. The minimum atomic E-state index is -0.309. The number of rotatable bonds is 3. The molecule has 1 fully saturated rings. The lowest BCUT2D eigenvalue weighted by atomic mass is 9.71. The van der Waals surface area contributed by atoms with Crippen molar-refractivity contribution in [2.45, 2.75) is 59.1 Å². The van der Waals surface area contributed by atoms with Crippen molar-refractivity contribution >= 4 is 0 Å². The van der Waals surface area contributed by atoms with Gasteiger partial charge in [-0.1, -0.05) is 32.9 Å². The molecule has 1 aliphatic carbocycles. The van der Waals surface area contributed by atoms with Gasteiger partial charge in [-0.05, 0) is 43.6 Å². The Kier molecular flexibility index (Phi) is 4.38. The van der Waals surface area contributed by atoms with Gasteiger partial charge in [-0.15, -0.1) is 0 Å². The highest BCUT2D eigenvalue weighted by atomic mass is 19.1. The number of ether oxygens (including phenoxy) is 1. The second kappa shape index (κ2) is 5.72. The van der Waals surface area contributed by atoms with E-state index in [1.54, 1.807) is 6.07 Å². The number of hydrogen-bond acceptors (Lipinski definition) is 2. The maximum atomic E-state index is 14.1. The smallest absolute Gasteiger partial charge is 0.165 e. The van der Waals surface area contributed by atoms with E-state index in [1.165, 1.54) is 12.5 Å². The topological polar surface area (TPSA) is 35.2 Å². The van der Waals surface area contributed by atoms with Crippen molar-refractivity contribution in [3.05, 3.63) is 29.6 Å². The molecule has 0 bridgehead atoms. The van der Waals surface area contributed by atoms with Crippen LogP contribution in [0.25, 0.3) is 0 Å². The number of hydrogen-bond donors (Lipinski definition) is 1. The Labute approximate surface area is 121 Å². The van der Waals surface area contributed by atoms with E-state index in [-0.39, 0.29) is 23.4 Å². The summed E-state index contributed by atoms with van der Waals surface area (Å²) >= 11 is 0. The Morgan fingerprint density at radius 3 is 2.65 bits per heavy atom. The fourth-order valence-electron chi connectivity index (χ4n) is 3.52. The highest BCUT2D eigenvalue weighted by molar-refractivity contribution is 5.37.